The Kier molecular flexibility index (Phi) is 1.75. The summed E-state index contributed by atoms with van der Waals surface area (Å²) < 4.78 is 0. The predicted molar refractivity (Wildman–Crippen MR) is 39.9 cm³/mol. The van der Waals surface area contributed by atoms with Crippen LogP contribution in [-0.2, 0) is 0 Å². The molecule has 0 heteroatoms. The van der Waals surface area contributed by atoms with Gasteiger partial charge in [0.05, 0.1) is 0 Å². The van der Waals surface area contributed by atoms with Crippen LogP contribution in [0.3, 0.4) is 0 Å². The molecule has 1 aliphatic rings. The SMILES string of the molecule is CC1=CC(C(C)C)[C]=C1. The molecule has 0 spiro atoms. The smallest absolute Gasteiger partial charge is 0.00497 e. The Labute approximate surface area is 57.3 Å². The van der Waals surface area contributed by atoms with Crippen molar-refractivity contribution in [3.8, 4) is 0 Å². The minimum atomic E-state index is 0.574. The van der Waals surface area contributed by atoms with Gasteiger partial charge in [-0.2, -0.15) is 0 Å². The van der Waals surface area contributed by atoms with Crippen molar-refractivity contribution in [3.63, 3.8) is 0 Å². The first-order valence-corrected chi connectivity index (χ1v) is 3.48. The first kappa shape index (κ1) is 6.60. The lowest BCUT2D eigenvalue weighted by atomic mass is 9.98. The fourth-order valence-corrected chi connectivity index (χ4v) is 0.992. The zero-order chi connectivity index (χ0) is 6.85. The van der Waals surface area contributed by atoms with E-state index in [0.717, 1.165) is 0 Å². The molecule has 0 aliphatic heterocycles. The van der Waals surface area contributed by atoms with Gasteiger partial charge in [-0.1, -0.05) is 31.6 Å². The fraction of sp³-hybridized carbons (Fsp3) is 0.556. The van der Waals surface area contributed by atoms with Gasteiger partial charge < -0.3 is 0 Å². The quantitative estimate of drug-likeness (QED) is 0.500. The topological polar surface area (TPSA) is 0 Å². The molecule has 49 valence electrons. The molecule has 0 fully saturated rings. The largest absolute Gasteiger partial charge is 0.0738 e. The van der Waals surface area contributed by atoms with Crippen molar-refractivity contribution >= 4 is 0 Å². The van der Waals surface area contributed by atoms with Crippen molar-refractivity contribution in [2.45, 2.75) is 20.8 Å². The Balaban J connectivity index is 2.59. The summed E-state index contributed by atoms with van der Waals surface area (Å²) in [6, 6.07) is 0. The van der Waals surface area contributed by atoms with Crippen molar-refractivity contribution < 1.29 is 0 Å². The second-order valence-electron chi connectivity index (χ2n) is 2.99. The minimum absolute atomic E-state index is 0.574. The maximum atomic E-state index is 3.29. The molecular weight excluding hydrogens is 108 g/mol. The van der Waals surface area contributed by atoms with Crippen molar-refractivity contribution in [2.24, 2.45) is 11.8 Å². The first-order valence-electron chi connectivity index (χ1n) is 3.48. The van der Waals surface area contributed by atoms with Crippen LogP contribution in [0.25, 0.3) is 0 Å². The average Bonchev–Trinajstić information content (AvgIpc) is 2.14. The molecule has 0 N–H and O–H groups in total. The molecule has 1 atom stereocenters. The molecule has 0 aromatic carbocycles. The number of allylic oxidation sites excluding steroid dienone is 4. The van der Waals surface area contributed by atoms with E-state index >= 15 is 0 Å². The van der Waals surface area contributed by atoms with Crippen molar-refractivity contribution in [3.05, 3.63) is 23.8 Å². The third kappa shape index (κ3) is 1.44. The Morgan fingerprint density at radius 3 is 2.44 bits per heavy atom. The average molecular weight is 121 g/mol. The van der Waals surface area contributed by atoms with Crippen LogP contribution in [0.4, 0.5) is 0 Å². The summed E-state index contributed by atoms with van der Waals surface area (Å²) in [5.74, 6) is 1.28. The van der Waals surface area contributed by atoms with Gasteiger partial charge in [-0.25, -0.2) is 0 Å². The maximum Gasteiger partial charge on any atom is 0.00497 e. The van der Waals surface area contributed by atoms with Gasteiger partial charge in [0.15, 0.2) is 0 Å². The minimum Gasteiger partial charge on any atom is -0.0738 e. The molecule has 1 aliphatic carbocycles. The summed E-state index contributed by atoms with van der Waals surface area (Å²) >= 11 is 0. The Bertz CT molecular complexity index is 149. The molecule has 1 radical (unpaired) electrons. The Hall–Kier alpha value is -0.520. The molecule has 1 unspecified atom stereocenters. The number of hydrogen-bond donors (Lipinski definition) is 0. The van der Waals surface area contributed by atoms with Crippen LogP contribution in [0, 0.1) is 17.9 Å². The molecule has 0 bridgehead atoms. The third-order valence-corrected chi connectivity index (χ3v) is 1.66. The number of rotatable bonds is 1. The highest BCUT2D eigenvalue weighted by molar-refractivity contribution is 5.23. The first-order chi connectivity index (χ1) is 4.20. The highest BCUT2D eigenvalue weighted by Gasteiger charge is 2.10. The number of hydrogen-bond acceptors (Lipinski definition) is 0. The lowest BCUT2D eigenvalue weighted by Crippen LogP contribution is -1.99. The van der Waals surface area contributed by atoms with Crippen LogP contribution in [0.1, 0.15) is 20.8 Å². The van der Waals surface area contributed by atoms with Gasteiger partial charge in [-0.05, 0) is 18.9 Å². The highest BCUT2D eigenvalue weighted by atomic mass is 14.1. The molecule has 0 saturated carbocycles. The Morgan fingerprint density at radius 1 is 1.56 bits per heavy atom. The molecule has 1 rings (SSSR count). The molecule has 0 aromatic heterocycles. The van der Waals surface area contributed by atoms with E-state index < -0.39 is 0 Å². The van der Waals surface area contributed by atoms with E-state index in [2.05, 4.69) is 39.0 Å². The zero-order valence-corrected chi connectivity index (χ0v) is 6.31. The second kappa shape index (κ2) is 2.38. The lowest BCUT2D eigenvalue weighted by molar-refractivity contribution is 0.543. The highest BCUT2D eigenvalue weighted by Crippen LogP contribution is 2.21. The molecule has 0 heterocycles. The van der Waals surface area contributed by atoms with Crippen LogP contribution in [-0.4, -0.2) is 0 Å². The van der Waals surface area contributed by atoms with Gasteiger partial charge in [0.2, 0.25) is 0 Å². The van der Waals surface area contributed by atoms with Crippen LogP contribution in [0.5, 0.6) is 0 Å². The van der Waals surface area contributed by atoms with E-state index in [4.69, 9.17) is 0 Å². The van der Waals surface area contributed by atoms with Gasteiger partial charge in [0.1, 0.15) is 0 Å². The van der Waals surface area contributed by atoms with Crippen molar-refractivity contribution in [1.82, 2.24) is 0 Å². The van der Waals surface area contributed by atoms with Crippen LogP contribution in [0.15, 0.2) is 17.7 Å². The summed E-state index contributed by atoms with van der Waals surface area (Å²) in [7, 11) is 0. The summed E-state index contributed by atoms with van der Waals surface area (Å²) in [5.41, 5.74) is 1.36. The van der Waals surface area contributed by atoms with Crippen molar-refractivity contribution in [2.75, 3.05) is 0 Å². The van der Waals surface area contributed by atoms with E-state index in [9.17, 15) is 0 Å². The lowest BCUT2D eigenvalue weighted by Gasteiger charge is -2.06. The normalized spacial score (nSPS) is 25.3. The fourth-order valence-electron chi connectivity index (χ4n) is 0.992. The van der Waals surface area contributed by atoms with Crippen LogP contribution < -0.4 is 0 Å². The van der Waals surface area contributed by atoms with Crippen LogP contribution >= 0.6 is 0 Å². The van der Waals surface area contributed by atoms with Crippen LogP contribution in [0.2, 0.25) is 0 Å². The molecular formula is C9H13. The summed E-state index contributed by atoms with van der Waals surface area (Å²) in [6.45, 7) is 6.57. The molecule has 9 heavy (non-hydrogen) atoms. The molecule has 0 amide bonds. The maximum absolute atomic E-state index is 3.29. The van der Waals surface area contributed by atoms with Gasteiger partial charge in [-0.3, -0.25) is 0 Å². The van der Waals surface area contributed by atoms with Gasteiger partial charge in [-0.15, -0.1) is 0 Å². The zero-order valence-electron chi connectivity index (χ0n) is 6.31. The second-order valence-corrected chi connectivity index (χ2v) is 2.99. The van der Waals surface area contributed by atoms with Crippen molar-refractivity contribution in [1.29, 1.82) is 0 Å². The van der Waals surface area contributed by atoms with E-state index in [1.54, 1.807) is 0 Å². The molecule has 0 saturated heterocycles. The summed E-state index contributed by atoms with van der Waals surface area (Å²) in [5, 5.41) is 0. The van der Waals surface area contributed by atoms with E-state index in [1.807, 2.05) is 0 Å². The molecule has 0 nitrogen and oxygen atoms in total. The van der Waals surface area contributed by atoms with E-state index in [0.29, 0.717) is 11.8 Å². The standard InChI is InChI=1S/C9H13/c1-7(2)9-5-4-8(3)6-9/h4,6-7,9H,1-3H3. The third-order valence-electron chi connectivity index (χ3n) is 1.66. The van der Waals surface area contributed by atoms with Gasteiger partial charge >= 0.3 is 0 Å². The van der Waals surface area contributed by atoms with E-state index in [-0.39, 0.29) is 0 Å². The van der Waals surface area contributed by atoms with Gasteiger partial charge in [0, 0.05) is 5.92 Å². The van der Waals surface area contributed by atoms with E-state index in [1.165, 1.54) is 5.57 Å². The Morgan fingerprint density at radius 2 is 2.22 bits per heavy atom. The predicted octanol–water partition coefficient (Wildman–Crippen LogP) is 2.58. The van der Waals surface area contributed by atoms with Gasteiger partial charge in [0.25, 0.3) is 0 Å². The summed E-state index contributed by atoms with van der Waals surface area (Å²) in [6.07, 6.45) is 7.63. The monoisotopic (exact) mass is 121 g/mol. The molecule has 0 aromatic rings. The summed E-state index contributed by atoms with van der Waals surface area (Å²) in [4.78, 5) is 0.